The van der Waals surface area contributed by atoms with Gasteiger partial charge in [0, 0.05) is 13.2 Å². The number of ether oxygens (including phenoxy) is 1. The molecule has 0 heterocycles. The summed E-state index contributed by atoms with van der Waals surface area (Å²) in [4.78, 5) is 0. The first-order valence-corrected chi connectivity index (χ1v) is 4.94. The van der Waals surface area contributed by atoms with Gasteiger partial charge in [-0.05, 0) is 25.8 Å². The van der Waals surface area contributed by atoms with Crippen LogP contribution in [0.15, 0.2) is 0 Å². The number of terminal acetylenes is 1. The average Bonchev–Trinajstić information content (AvgIpc) is 2.10. The van der Waals surface area contributed by atoms with Gasteiger partial charge in [0.1, 0.15) is 0 Å². The second-order valence-corrected chi connectivity index (χ2v) is 3.66. The highest BCUT2D eigenvalue weighted by atomic mass is 16.5. The number of nitrogens with one attached hydrogen (secondary N) is 1. The van der Waals surface area contributed by atoms with Crippen molar-refractivity contribution in [1.82, 2.24) is 5.32 Å². The Balaban J connectivity index is 3.05. The lowest BCUT2D eigenvalue weighted by molar-refractivity contribution is 0.108. The maximum absolute atomic E-state index is 5.42. The third-order valence-corrected chi connectivity index (χ3v) is 1.62. The van der Waals surface area contributed by atoms with Gasteiger partial charge in [0.2, 0.25) is 0 Å². The predicted molar refractivity (Wildman–Crippen MR) is 56.6 cm³/mol. The summed E-state index contributed by atoms with van der Waals surface area (Å²) in [6, 6.07) is 0.171. The maximum atomic E-state index is 5.42. The van der Waals surface area contributed by atoms with Gasteiger partial charge in [0.15, 0.2) is 0 Å². The van der Waals surface area contributed by atoms with Gasteiger partial charge in [-0.25, -0.2) is 0 Å². The highest BCUT2D eigenvalue weighted by molar-refractivity contribution is 4.95. The molecule has 0 amide bonds. The Hall–Kier alpha value is -0.520. The maximum Gasteiger partial charge on any atom is 0.0658 e. The first kappa shape index (κ1) is 12.5. The normalized spacial score (nSPS) is 12.8. The van der Waals surface area contributed by atoms with Gasteiger partial charge in [-0.3, -0.25) is 0 Å². The fraction of sp³-hybridized carbons (Fsp3) is 0.818. The van der Waals surface area contributed by atoms with Crippen LogP contribution in [0.1, 0.15) is 27.2 Å². The fourth-order valence-corrected chi connectivity index (χ4v) is 0.871. The highest BCUT2D eigenvalue weighted by Gasteiger charge is 1.95. The number of rotatable bonds is 7. The van der Waals surface area contributed by atoms with E-state index >= 15 is 0 Å². The van der Waals surface area contributed by atoms with Gasteiger partial charge in [-0.2, -0.15) is 0 Å². The smallest absolute Gasteiger partial charge is 0.0658 e. The van der Waals surface area contributed by atoms with Crippen LogP contribution in [0.2, 0.25) is 0 Å². The lowest BCUT2D eigenvalue weighted by Crippen LogP contribution is -2.26. The molecule has 0 radical (unpaired) electrons. The van der Waals surface area contributed by atoms with Crippen LogP contribution in [0, 0.1) is 18.3 Å². The molecule has 0 aliphatic carbocycles. The molecule has 76 valence electrons. The highest BCUT2D eigenvalue weighted by Crippen LogP contribution is 1.92. The molecule has 13 heavy (non-hydrogen) atoms. The molecular formula is C11H21NO. The van der Waals surface area contributed by atoms with Crippen molar-refractivity contribution in [2.24, 2.45) is 5.92 Å². The molecule has 0 spiro atoms. The van der Waals surface area contributed by atoms with Gasteiger partial charge in [0.05, 0.1) is 6.04 Å². The molecule has 0 saturated heterocycles. The minimum absolute atomic E-state index is 0.171. The Morgan fingerprint density at radius 2 is 2.08 bits per heavy atom. The van der Waals surface area contributed by atoms with E-state index in [4.69, 9.17) is 11.2 Å². The van der Waals surface area contributed by atoms with E-state index in [9.17, 15) is 0 Å². The molecule has 0 aliphatic rings. The monoisotopic (exact) mass is 183 g/mol. The summed E-state index contributed by atoms with van der Waals surface area (Å²) in [5.41, 5.74) is 0. The van der Waals surface area contributed by atoms with Crippen LogP contribution in [0.4, 0.5) is 0 Å². The number of hydrogen-bond acceptors (Lipinski definition) is 2. The molecule has 0 aliphatic heterocycles. The van der Waals surface area contributed by atoms with Crippen molar-refractivity contribution in [3.8, 4) is 12.3 Å². The Bertz CT molecular complexity index is 149. The quantitative estimate of drug-likeness (QED) is 0.479. The minimum Gasteiger partial charge on any atom is -0.381 e. The van der Waals surface area contributed by atoms with E-state index < -0.39 is 0 Å². The van der Waals surface area contributed by atoms with E-state index in [-0.39, 0.29) is 6.04 Å². The van der Waals surface area contributed by atoms with Gasteiger partial charge >= 0.3 is 0 Å². The summed E-state index contributed by atoms with van der Waals surface area (Å²) in [5.74, 6) is 3.24. The topological polar surface area (TPSA) is 21.3 Å². The van der Waals surface area contributed by atoms with Crippen LogP contribution in [0.3, 0.4) is 0 Å². The zero-order valence-corrected chi connectivity index (χ0v) is 8.97. The molecule has 0 rings (SSSR count). The molecule has 0 saturated carbocycles. The van der Waals surface area contributed by atoms with Gasteiger partial charge in [-0.15, -0.1) is 6.42 Å². The van der Waals surface area contributed by atoms with Gasteiger partial charge in [-0.1, -0.05) is 19.8 Å². The Labute approximate surface area is 82.1 Å². The second-order valence-electron chi connectivity index (χ2n) is 3.66. The Morgan fingerprint density at radius 1 is 1.38 bits per heavy atom. The molecule has 2 nitrogen and oxygen atoms in total. The van der Waals surface area contributed by atoms with Crippen LogP contribution in [0.25, 0.3) is 0 Å². The van der Waals surface area contributed by atoms with Crippen LogP contribution < -0.4 is 5.32 Å². The summed E-state index contributed by atoms with van der Waals surface area (Å²) >= 11 is 0. The Morgan fingerprint density at radius 3 is 2.62 bits per heavy atom. The summed E-state index contributed by atoms with van der Waals surface area (Å²) in [5, 5.41) is 3.20. The molecule has 0 aromatic carbocycles. The van der Waals surface area contributed by atoms with Gasteiger partial charge < -0.3 is 10.1 Å². The van der Waals surface area contributed by atoms with Crippen molar-refractivity contribution >= 4 is 0 Å². The van der Waals surface area contributed by atoms with E-state index in [0.29, 0.717) is 5.92 Å². The molecule has 2 heteroatoms. The largest absolute Gasteiger partial charge is 0.381 e. The van der Waals surface area contributed by atoms with E-state index in [1.165, 1.54) is 0 Å². The lowest BCUT2D eigenvalue weighted by atomic mass is 10.2. The van der Waals surface area contributed by atoms with Crippen LogP contribution >= 0.6 is 0 Å². The molecule has 0 bridgehead atoms. The standard InChI is InChI=1S/C11H21NO/c1-5-11(4)12-7-6-8-13-9-10(2)3/h1,10-12H,6-9H2,2-4H3. The summed E-state index contributed by atoms with van der Waals surface area (Å²) in [6.45, 7) is 8.89. The fourth-order valence-electron chi connectivity index (χ4n) is 0.871. The zero-order chi connectivity index (χ0) is 10.1. The van der Waals surface area contributed by atoms with E-state index in [1.54, 1.807) is 0 Å². The average molecular weight is 183 g/mol. The first-order valence-electron chi connectivity index (χ1n) is 4.94. The minimum atomic E-state index is 0.171. The molecule has 1 unspecified atom stereocenters. The number of hydrogen-bond donors (Lipinski definition) is 1. The summed E-state index contributed by atoms with van der Waals surface area (Å²) in [6.07, 6.45) is 6.24. The van der Waals surface area contributed by atoms with E-state index in [2.05, 4.69) is 25.1 Å². The SMILES string of the molecule is C#CC(C)NCCCOCC(C)C. The van der Waals surface area contributed by atoms with Crippen molar-refractivity contribution in [3.63, 3.8) is 0 Å². The molecule has 1 atom stereocenters. The molecule has 0 aromatic heterocycles. The molecule has 0 fully saturated rings. The predicted octanol–water partition coefficient (Wildman–Crippen LogP) is 1.66. The van der Waals surface area contributed by atoms with Crippen molar-refractivity contribution < 1.29 is 4.74 Å². The van der Waals surface area contributed by atoms with Crippen LogP contribution in [-0.4, -0.2) is 25.8 Å². The molecular weight excluding hydrogens is 162 g/mol. The van der Waals surface area contributed by atoms with Crippen molar-refractivity contribution in [2.45, 2.75) is 33.2 Å². The van der Waals surface area contributed by atoms with Crippen LogP contribution in [-0.2, 0) is 4.74 Å². The lowest BCUT2D eigenvalue weighted by Gasteiger charge is -2.08. The third kappa shape index (κ3) is 9.39. The molecule has 1 N–H and O–H groups in total. The van der Waals surface area contributed by atoms with E-state index in [1.807, 2.05) is 6.92 Å². The third-order valence-electron chi connectivity index (χ3n) is 1.62. The first-order chi connectivity index (χ1) is 6.16. The Kier molecular flexibility index (Phi) is 7.77. The summed E-state index contributed by atoms with van der Waals surface area (Å²) < 4.78 is 5.42. The van der Waals surface area contributed by atoms with E-state index in [0.717, 1.165) is 26.2 Å². The van der Waals surface area contributed by atoms with Crippen molar-refractivity contribution in [3.05, 3.63) is 0 Å². The van der Waals surface area contributed by atoms with Gasteiger partial charge in [0.25, 0.3) is 0 Å². The van der Waals surface area contributed by atoms with Crippen molar-refractivity contribution in [2.75, 3.05) is 19.8 Å². The molecule has 0 aromatic rings. The zero-order valence-electron chi connectivity index (χ0n) is 8.97. The second kappa shape index (κ2) is 8.10. The van der Waals surface area contributed by atoms with Crippen molar-refractivity contribution in [1.29, 1.82) is 0 Å². The van der Waals surface area contributed by atoms with Crippen LogP contribution in [0.5, 0.6) is 0 Å². The summed E-state index contributed by atoms with van der Waals surface area (Å²) in [7, 11) is 0.